The van der Waals surface area contributed by atoms with Crippen molar-refractivity contribution >= 4 is 24.0 Å². The zero-order chi connectivity index (χ0) is 13.4. The molecule has 3 N–H and O–H groups in total. The smallest absolute Gasteiger partial charge is 0.157 e. The number of aromatic hydroxyl groups is 2. The topological polar surface area (TPSA) is 52.5 Å². The summed E-state index contributed by atoms with van der Waals surface area (Å²) in [5.41, 5.74) is 2.99. The van der Waals surface area contributed by atoms with Crippen LogP contribution in [-0.4, -0.2) is 16.8 Å². The van der Waals surface area contributed by atoms with Gasteiger partial charge >= 0.3 is 0 Å². The van der Waals surface area contributed by atoms with Crippen LogP contribution in [0.4, 0.5) is 0 Å². The molecule has 3 rings (SSSR count). The highest BCUT2D eigenvalue weighted by Gasteiger charge is 2.24. The van der Waals surface area contributed by atoms with Crippen molar-refractivity contribution in [2.75, 3.05) is 6.54 Å². The molecule has 3 nitrogen and oxygen atoms in total. The summed E-state index contributed by atoms with van der Waals surface area (Å²) in [7, 11) is 0. The SMILES string of the molecule is Cl.Oc1cc2c(cc1O)C(c1ccccc1Cl)NCC2. The number of phenolic OH excluding ortho intramolecular Hbond substituents is 2. The molecule has 0 aromatic heterocycles. The summed E-state index contributed by atoms with van der Waals surface area (Å²) < 4.78 is 0. The predicted octanol–water partition coefficient (Wildman–Crippen LogP) is 3.41. The van der Waals surface area contributed by atoms with Crippen molar-refractivity contribution in [3.63, 3.8) is 0 Å². The zero-order valence-corrected chi connectivity index (χ0v) is 12.2. The lowest BCUT2D eigenvalue weighted by molar-refractivity contribution is 0.400. The Balaban J connectivity index is 0.00000147. The highest BCUT2D eigenvalue weighted by molar-refractivity contribution is 6.31. The van der Waals surface area contributed by atoms with E-state index in [0.717, 1.165) is 29.7 Å². The van der Waals surface area contributed by atoms with Crippen molar-refractivity contribution in [3.8, 4) is 11.5 Å². The Kier molecular flexibility index (Phi) is 4.43. The van der Waals surface area contributed by atoms with Gasteiger partial charge in [0, 0.05) is 11.6 Å². The first-order chi connectivity index (χ1) is 9.16. The van der Waals surface area contributed by atoms with Gasteiger partial charge in [0.2, 0.25) is 0 Å². The van der Waals surface area contributed by atoms with Crippen molar-refractivity contribution in [1.29, 1.82) is 0 Å². The van der Waals surface area contributed by atoms with Gasteiger partial charge in [-0.1, -0.05) is 29.8 Å². The number of hydrogen-bond donors (Lipinski definition) is 3. The van der Waals surface area contributed by atoms with Crippen LogP contribution in [-0.2, 0) is 6.42 Å². The molecule has 2 aromatic rings. The number of benzene rings is 2. The van der Waals surface area contributed by atoms with Crippen molar-refractivity contribution in [2.24, 2.45) is 0 Å². The maximum atomic E-state index is 9.70. The summed E-state index contributed by atoms with van der Waals surface area (Å²) in [5, 5.41) is 23.4. The van der Waals surface area contributed by atoms with Gasteiger partial charge in [-0.25, -0.2) is 0 Å². The van der Waals surface area contributed by atoms with Gasteiger partial charge in [-0.3, -0.25) is 0 Å². The number of fused-ring (bicyclic) bond motifs is 1. The summed E-state index contributed by atoms with van der Waals surface area (Å²) in [6.45, 7) is 0.813. The fourth-order valence-corrected chi connectivity index (χ4v) is 2.81. The summed E-state index contributed by atoms with van der Waals surface area (Å²) >= 11 is 6.24. The molecule has 0 spiro atoms. The molecule has 1 unspecified atom stereocenters. The summed E-state index contributed by atoms with van der Waals surface area (Å²) in [6, 6.07) is 10.9. The monoisotopic (exact) mass is 311 g/mol. The average Bonchev–Trinajstić information content (AvgIpc) is 2.40. The first kappa shape index (κ1) is 15.0. The van der Waals surface area contributed by atoms with Crippen LogP contribution in [0.1, 0.15) is 22.7 Å². The molecule has 0 radical (unpaired) electrons. The molecular weight excluding hydrogens is 297 g/mol. The number of phenols is 2. The third-order valence-electron chi connectivity index (χ3n) is 3.51. The maximum Gasteiger partial charge on any atom is 0.157 e. The molecule has 1 aliphatic rings. The van der Waals surface area contributed by atoms with Crippen LogP contribution in [0.25, 0.3) is 0 Å². The van der Waals surface area contributed by atoms with Crippen molar-refractivity contribution < 1.29 is 10.2 Å². The zero-order valence-electron chi connectivity index (χ0n) is 10.6. The standard InChI is InChI=1S/C15H14ClNO2.ClH/c16-12-4-2-1-3-10(12)15-11-8-14(19)13(18)7-9(11)5-6-17-15;/h1-4,7-8,15,17-19H,5-6H2;1H. The molecule has 20 heavy (non-hydrogen) atoms. The van der Waals surface area contributed by atoms with Crippen LogP contribution in [0, 0.1) is 0 Å². The van der Waals surface area contributed by atoms with Crippen LogP contribution < -0.4 is 5.32 Å². The van der Waals surface area contributed by atoms with Gasteiger partial charge in [-0.2, -0.15) is 0 Å². The molecule has 1 heterocycles. The first-order valence-electron chi connectivity index (χ1n) is 6.19. The third kappa shape index (κ3) is 2.57. The molecule has 0 saturated carbocycles. The number of rotatable bonds is 1. The molecule has 0 aliphatic carbocycles. The number of nitrogens with one attached hydrogen (secondary N) is 1. The lowest BCUT2D eigenvalue weighted by Gasteiger charge is -2.28. The Morgan fingerprint density at radius 3 is 2.50 bits per heavy atom. The van der Waals surface area contributed by atoms with E-state index >= 15 is 0 Å². The molecule has 0 fully saturated rings. The Hall–Kier alpha value is -1.42. The van der Waals surface area contributed by atoms with Crippen molar-refractivity contribution in [2.45, 2.75) is 12.5 Å². The number of hydrogen-bond acceptors (Lipinski definition) is 3. The van der Waals surface area contributed by atoms with Crippen molar-refractivity contribution in [3.05, 3.63) is 58.1 Å². The summed E-state index contributed by atoms with van der Waals surface area (Å²) in [4.78, 5) is 0. The molecule has 0 amide bonds. The van der Waals surface area contributed by atoms with Gasteiger partial charge in [0.05, 0.1) is 6.04 Å². The summed E-state index contributed by atoms with van der Waals surface area (Å²) in [6.07, 6.45) is 0.824. The van der Waals surface area contributed by atoms with Gasteiger partial charge in [-0.15, -0.1) is 12.4 Å². The fraction of sp³-hybridized carbons (Fsp3) is 0.200. The molecule has 5 heteroatoms. The van der Waals surface area contributed by atoms with Gasteiger partial charge < -0.3 is 15.5 Å². The second-order valence-electron chi connectivity index (χ2n) is 4.70. The first-order valence-corrected chi connectivity index (χ1v) is 6.57. The van der Waals surface area contributed by atoms with Gasteiger partial charge in [-0.05, 0) is 41.3 Å². The van der Waals surface area contributed by atoms with E-state index in [4.69, 9.17) is 11.6 Å². The molecular formula is C15H15Cl2NO2. The van der Waals surface area contributed by atoms with Gasteiger partial charge in [0.15, 0.2) is 11.5 Å². The largest absolute Gasteiger partial charge is 0.504 e. The molecule has 0 bridgehead atoms. The second-order valence-corrected chi connectivity index (χ2v) is 5.11. The lowest BCUT2D eigenvalue weighted by atomic mass is 9.89. The van der Waals surface area contributed by atoms with Crippen LogP contribution in [0.3, 0.4) is 0 Å². The minimum atomic E-state index is -0.0977. The Labute approximate surface area is 128 Å². The maximum absolute atomic E-state index is 9.70. The molecule has 2 aromatic carbocycles. The van der Waals surface area contributed by atoms with Gasteiger partial charge in [0.1, 0.15) is 0 Å². The van der Waals surface area contributed by atoms with E-state index in [1.165, 1.54) is 0 Å². The number of halogens is 2. The molecule has 1 aliphatic heterocycles. The van der Waals surface area contributed by atoms with Crippen LogP contribution in [0.15, 0.2) is 36.4 Å². The Bertz CT molecular complexity index is 631. The van der Waals surface area contributed by atoms with Crippen LogP contribution >= 0.6 is 24.0 Å². The van der Waals surface area contributed by atoms with Crippen LogP contribution in [0.5, 0.6) is 11.5 Å². The van der Waals surface area contributed by atoms with E-state index < -0.39 is 0 Å². The van der Waals surface area contributed by atoms with E-state index in [1.54, 1.807) is 12.1 Å². The highest BCUT2D eigenvalue weighted by Crippen LogP contribution is 2.37. The van der Waals surface area contributed by atoms with E-state index in [1.807, 2.05) is 24.3 Å². The minimum Gasteiger partial charge on any atom is -0.504 e. The molecule has 106 valence electrons. The Morgan fingerprint density at radius 1 is 1.05 bits per heavy atom. The second kappa shape index (κ2) is 5.92. The molecule has 1 atom stereocenters. The lowest BCUT2D eigenvalue weighted by Crippen LogP contribution is -2.30. The Morgan fingerprint density at radius 2 is 1.75 bits per heavy atom. The average molecular weight is 312 g/mol. The normalized spacial score (nSPS) is 17.1. The van der Waals surface area contributed by atoms with E-state index in [9.17, 15) is 10.2 Å². The minimum absolute atomic E-state index is 0. The van der Waals surface area contributed by atoms with E-state index in [-0.39, 0.29) is 29.9 Å². The van der Waals surface area contributed by atoms with Crippen molar-refractivity contribution in [1.82, 2.24) is 5.32 Å². The quantitative estimate of drug-likeness (QED) is 0.707. The van der Waals surface area contributed by atoms with E-state index in [0.29, 0.717) is 5.02 Å². The third-order valence-corrected chi connectivity index (χ3v) is 3.85. The molecule has 0 saturated heterocycles. The fourth-order valence-electron chi connectivity index (χ4n) is 2.57. The predicted molar refractivity (Wildman–Crippen MR) is 82.0 cm³/mol. The highest BCUT2D eigenvalue weighted by atomic mass is 35.5. The van der Waals surface area contributed by atoms with E-state index in [2.05, 4.69) is 5.32 Å². The van der Waals surface area contributed by atoms with Gasteiger partial charge in [0.25, 0.3) is 0 Å². The van der Waals surface area contributed by atoms with Crippen LogP contribution in [0.2, 0.25) is 5.02 Å². The summed E-state index contributed by atoms with van der Waals surface area (Å²) in [5.74, 6) is -0.168.